The van der Waals surface area contributed by atoms with Crippen LogP contribution in [-0.2, 0) is 28.3 Å². The molecule has 0 spiro atoms. The summed E-state index contributed by atoms with van der Waals surface area (Å²) < 4.78 is 0. The minimum Gasteiger partial charge on any atom is -0.354 e. The van der Waals surface area contributed by atoms with Gasteiger partial charge in [-0.05, 0) is 49.1 Å². The van der Waals surface area contributed by atoms with Crippen LogP contribution in [0.15, 0.2) is 66.7 Å². The van der Waals surface area contributed by atoms with E-state index in [1.54, 1.807) is 28.8 Å². The van der Waals surface area contributed by atoms with Crippen LogP contribution in [0.5, 0.6) is 0 Å². The van der Waals surface area contributed by atoms with Gasteiger partial charge in [0.25, 0.3) is 0 Å². The van der Waals surface area contributed by atoms with E-state index in [4.69, 9.17) is 23.2 Å². The Morgan fingerprint density at radius 1 is 0.895 bits per heavy atom. The molecule has 0 heterocycles. The van der Waals surface area contributed by atoms with Crippen LogP contribution in [0, 0.1) is 13.8 Å². The normalized spacial score (nSPS) is 11.7. The highest BCUT2D eigenvalue weighted by atomic mass is 35.5. The largest absolute Gasteiger partial charge is 0.354 e. The van der Waals surface area contributed by atoms with Gasteiger partial charge >= 0.3 is 0 Å². The number of nitrogens with zero attached hydrogens (tertiary/aromatic N) is 1. The average Bonchev–Trinajstić information content (AvgIpc) is 2.88. The summed E-state index contributed by atoms with van der Waals surface area (Å²) >= 11 is 14.0. The molecule has 0 aliphatic carbocycles. The van der Waals surface area contributed by atoms with E-state index < -0.39 is 6.04 Å². The van der Waals surface area contributed by atoms with Crippen LogP contribution in [-0.4, -0.2) is 35.1 Å². The summed E-state index contributed by atoms with van der Waals surface area (Å²) in [6, 6.07) is 21.0. The molecule has 1 N–H and O–H groups in total. The number of halogens is 2. The van der Waals surface area contributed by atoms with Crippen molar-refractivity contribution in [1.29, 1.82) is 0 Å². The molecule has 3 aromatic rings. The van der Waals surface area contributed by atoms with Crippen molar-refractivity contribution < 1.29 is 9.59 Å². The van der Waals surface area contributed by atoms with Gasteiger partial charge in [0, 0.05) is 25.3 Å². The van der Waals surface area contributed by atoms with Crippen molar-refractivity contribution in [2.75, 3.05) is 12.3 Å². The van der Waals surface area contributed by atoms with Gasteiger partial charge in [-0.25, -0.2) is 0 Å². The van der Waals surface area contributed by atoms with Crippen molar-refractivity contribution >= 4 is 46.8 Å². The number of rotatable bonds is 13. The summed E-state index contributed by atoms with van der Waals surface area (Å²) in [5.74, 6) is 0.759. The zero-order valence-electron chi connectivity index (χ0n) is 22.3. The third-order valence-corrected chi connectivity index (χ3v) is 7.94. The second-order valence-electron chi connectivity index (χ2n) is 9.61. The van der Waals surface area contributed by atoms with Gasteiger partial charge in [-0.1, -0.05) is 102 Å². The lowest BCUT2D eigenvalue weighted by Gasteiger charge is -2.31. The minimum absolute atomic E-state index is 0.0861. The molecule has 38 heavy (non-hydrogen) atoms. The standard InChI is InChI=1S/C31H36Cl2N2O2S/c1-4-5-13-34-31(37)29(18-24-9-7-6-8-10-24)35(19-25-11-12-27(32)28(33)17-25)30(36)21-38-20-26-15-22(2)14-23(3)16-26/h6-12,14-17,29H,4-5,13,18-21H2,1-3H3,(H,34,37). The summed E-state index contributed by atoms with van der Waals surface area (Å²) in [5.41, 5.74) is 5.43. The van der Waals surface area contributed by atoms with Gasteiger partial charge in [-0.3, -0.25) is 9.59 Å². The van der Waals surface area contributed by atoms with Crippen molar-refractivity contribution in [2.24, 2.45) is 0 Å². The van der Waals surface area contributed by atoms with Gasteiger partial charge < -0.3 is 10.2 Å². The molecule has 2 amide bonds. The smallest absolute Gasteiger partial charge is 0.243 e. The van der Waals surface area contributed by atoms with Crippen molar-refractivity contribution in [1.82, 2.24) is 10.2 Å². The van der Waals surface area contributed by atoms with Crippen molar-refractivity contribution in [3.8, 4) is 0 Å². The molecule has 0 radical (unpaired) electrons. The Bertz CT molecular complexity index is 1200. The number of carbonyl (C=O) groups is 2. The summed E-state index contributed by atoms with van der Waals surface area (Å²) in [5, 5.41) is 3.93. The lowest BCUT2D eigenvalue weighted by molar-refractivity contribution is -0.139. The monoisotopic (exact) mass is 570 g/mol. The first-order valence-electron chi connectivity index (χ1n) is 13.0. The average molecular weight is 572 g/mol. The number of thioether (sulfide) groups is 1. The molecule has 0 saturated carbocycles. The predicted molar refractivity (Wildman–Crippen MR) is 161 cm³/mol. The second kappa shape index (κ2) is 15.2. The van der Waals surface area contributed by atoms with Crippen LogP contribution >= 0.6 is 35.0 Å². The van der Waals surface area contributed by atoms with Crippen LogP contribution in [0.3, 0.4) is 0 Å². The number of unbranched alkanes of at least 4 members (excludes halogenated alkanes) is 1. The number of nitrogens with one attached hydrogen (secondary N) is 1. The Balaban J connectivity index is 1.86. The Labute approximate surface area is 241 Å². The fourth-order valence-electron chi connectivity index (χ4n) is 4.39. The Morgan fingerprint density at radius 3 is 2.26 bits per heavy atom. The fraction of sp³-hybridized carbons (Fsp3) is 0.355. The van der Waals surface area contributed by atoms with Crippen LogP contribution in [0.1, 0.15) is 47.6 Å². The molecule has 3 aromatic carbocycles. The quantitative estimate of drug-likeness (QED) is 0.218. The second-order valence-corrected chi connectivity index (χ2v) is 11.4. The van der Waals surface area contributed by atoms with Crippen molar-refractivity contribution in [3.63, 3.8) is 0 Å². The molecule has 0 aliphatic rings. The highest BCUT2D eigenvalue weighted by Gasteiger charge is 2.30. The summed E-state index contributed by atoms with van der Waals surface area (Å²) in [6.45, 7) is 7.09. The molecular weight excluding hydrogens is 535 g/mol. The summed E-state index contributed by atoms with van der Waals surface area (Å²) in [6.07, 6.45) is 2.29. The van der Waals surface area contributed by atoms with Gasteiger partial charge in [0.15, 0.2) is 0 Å². The molecule has 202 valence electrons. The van der Waals surface area contributed by atoms with Gasteiger partial charge in [-0.2, -0.15) is 0 Å². The lowest BCUT2D eigenvalue weighted by atomic mass is 10.0. The maximum Gasteiger partial charge on any atom is 0.243 e. The molecular formula is C31H36Cl2N2O2S. The molecule has 1 atom stereocenters. The topological polar surface area (TPSA) is 49.4 Å². The zero-order chi connectivity index (χ0) is 27.5. The predicted octanol–water partition coefficient (Wildman–Crippen LogP) is 7.40. The number of amides is 2. The van der Waals surface area contributed by atoms with E-state index in [9.17, 15) is 9.59 Å². The Hall–Kier alpha value is -2.47. The fourth-order valence-corrected chi connectivity index (χ4v) is 5.55. The summed E-state index contributed by atoms with van der Waals surface area (Å²) in [7, 11) is 0. The number of carbonyl (C=O) groups excluding carboxylic acids is 2. The highest BCUT2D eigenvalue weighted by Crippen LogP contribution is 2.25. The van der Waals surface area contributed by atoms with Crippen LogP contribution in [0.25, 0.3) is 0 Å². The van der Waals surface area contributed by atoms with Gasteiger partial charge in [0.05, 0.1) is 15.8 Å². The Kier molecular flexibility index (Phi) is 12.0. The van der Waals surface area contributed by atoms with E-state index in [0.29, 0.717) is 23.0 Å². The first-order valence-corrected chi connectivity index (χ1v) is 14.9. The molecule has 0 fully saturated rings. The first kappa shape index (κ1) is 30.1. The molecule has 0 aromatic heterocycles. The first-order chi connectivity index (χ1) is 18.3. The molecule has 0 aliphatic heterocycles. The van der Waals surface area contributed by atoms with E-state index >= 15 is 0 Å². The molecule has 1 unspecified atom stereocenters. The molecule has 3 rings (SSSR count). The van der Waals surface area contributed by atoms with Crippen LogP contribution in [0.4, 0.5) is 0 Å². The highest BCUT2D eigenvalue weighted by molar-refractivity contribution is 7.99. The minimum atomic E-state index is -0.655. The van der Waals surface area contributed by atoms with Gasteiger partial charge in [-0.15, -0.1) is 11.8 Å². The van der Waals surface area contributed by atoms with Crippen molar-refractivity contribution in [2.45, 2.75) is 58.4 Å². The van der Waals surface area contributed by atoms with Gasteiger partial charge in [0.2, 0.25) is 11.8 Å². The number of hydrogen-bond donors (Lipinski definition) is 1. The van der Waals surface area contributed by atoms with Crippen LogP contribution in [0.2, 0.25) is 10.0 Å². The van der Waals surface area contributed by atoms with E-state index in [1.807, 2.05) is 36.4 Å². The maximum absolute atomic E-state index is 13.8. The van der Waals surface area contributed by atoms with E-state index in [0.717, 1.165) is 29.7 Å². The zero-order valence-corrected chi connectivity index (χ0v) is 24.6. The number of benzene rings is 3. The Morgan fingerprint density at radius 2 is 1.61 bits per heavy atom. The molecule has 7 heteroatoms. The molecule has 4 nitrogen and oxygen atoms in total. The lowest BCUT2D eigenvalue weighted by Crippen LogP contribution is -2.51. The maximum atomic E-state index is 13.8. The molecule has 0 saturated heterocycles. The van der Waals surface area contributed by atoms with E-state index in [-0.39, 0.29) is 24.1 Å². The van der Waals surface area contributed by atoms with E-state index in [1.165, 1.54) is 16.7 Å². The van der Waals surface area contributed by atoms with Crippen molar-refractivity contribution in [3.05, 3.63) is 105 Å². The van der Waals surface area contributed by atoms with E-state index in [2.05, 4.69) is 44.3 Å². The van der Waals surface area contributed by atoms with Gasteiger partial charge in [0.1, 0.15) is 6.04 Å². The third-order valence-electron chi connectivity index (χ3n) is 6.21. The third kappa shape index (κ3) is 9.37. The number of aryl methyl sites for hydroxylation is 2. The number of hydrogen-bond acceptors (Lipinski definition) is 3. The SMILES string of the molecule is CCCCNC(=O)C(Cc1ccccc1)N(Cc1ccc(Cl)c(Cl)c1)C(=O)CSCc1cc(C)cc(C)c1. The van der Waals surface area contributed by atoms with Crippen LogP contribution < -0.4 is 5.32 Å². The molecule has 0 bridgehead atoms. The summed E-state index contributed by atoms with van der Waals surface area (Å²) in [4.78, 5) is 28.9.